The van der Waals surface area contributed by atoms with Gasteiger partial charge in [0.2, 0.25) is 11.2 Å². The van der Waals surface area contributed by atoms with E-state index in [1.54, 1.807) is 61.5 Å². The van der Waals surface area contributed by atoms with Gasteiger partial charge < -0.3 is 28.1 Å². The summed E-state index contributed by atoms with van der Waals surface area (Å²) in [4.78, 5) is 24.7. The van der Waals surface area contributed by atoms with E-state index in [0.717, 1.165) is 11.1 Å². The summed E-state index contributed by atoms with van der Waals surface area (Å²) in [5, 5.41) is 0.906. The minimum atomic E-state index is -0.460. The van der Waals surface area contributed by atoms with Crippen LogP contribution in [0.2, 0.25) is 5.02 Å². The topological polar surface area (TPSA) is 93.4 Å². The van der Waals surface area contributed by atoms with E-state index in [4.69, 9.17) is 39.7 Å². The molecule has 0 saturated heterocycles. The van der Waals surface area contributed by atoms with Gasteiger partial charge in [0.15, 0.2) is 6.79 Å². The molecule has 0 spiro atoms. The number of esters is 1. The fourth-order valence-electron chi connectivity index (χ4n) is 3.90. The first-order valence-electron chi connectivity index (χ1n) is 11.0. The van der Waals surface area contributed by atoms with E-state index in [9.17, 15) is 9.59 Å². The van der Waals surface area contributed by atoms with Gasteiger partial charge in [-0.2, -0.15) is 0 Å². The molecule has 36 heavy (non-hydrogen) atoms. The smallest absolute Gasteiger partial charge is 0.337 e. The fraction of sp³-hybridized carbons (Fsp3) is 0.185. The minimum Gasteiger partial charge on any atom is -0.489 e. The van der Waals surface area contributed by atoms with Crippen molar-refractivity contribution in [3.05, 3.63) is 92.3 Å². The maximum absolute atomic E-state index is 13.1. The van der Waals surface area contributed by atoms with Gasteiger partial charge in [-0.25, -0.2) is 4.79 Å². The number of ether oxygens (including phenoxy) is 5. The molecule has 2 heterocycles. The molecule has 3 aromatic carbocycles. The van der Waals surface area contributed by atoms with E-state index in [1.165, 1.54) is 7.11 Å². The number of fused-ring (bicyclic) bond motifs is 2. The summed E-state index contributed by atoms with van der Waals surface area (Å²) in [6.07, 6.45) is 0. The summed E-state index contributed by atoms with van der Waals surface area (Å²) >= 11 is 6.23. The molecule has 0 saturated carbocycles. The SMILES string of the molecule is COC(=O)c1ccc(Oc2c(C)oc3cc(OCc4cc(Cl)cc5c4OCOC5)ccc3c2=O)cc1. The Labute approximate surface area is 210 Å². The Morgan fingerprint density at radius 2 is 1.83 bits per heavy atom. The van der Waals surface area contributed by atoms with Crippen LogP contribution in [-0.2, 0) is 22.7 Å². The van der Waals surface area contributed by atoms with Gasteiger partial charge in [0.05, 0.1) is 24.7 Å². The van der Waals surface area contributed by atoms with E-state index < -0.39 is 5.97 Å². The standard InChI is InChI=1S/C27H21ClO8/c1-15-25(36-20-5-3-16(4-6-20)27(30)31-2)24(29)22-8-7-21(11-23(22)35-15)33-13-18-10-19(28)9-17-12-32-14-34-26(17)18/h3-11H,12-14H2,1-2H3. The molecular formula is C27H21ClO8. The van der Waals surface area contributed by atoms with Crippen LogP contribution in [0.1, 0.15) is 27.2 Å². The third-order valence-electron chi connectivity index (χ3n) is 5.63. The molecular weight excluding hydrogens is 488 g/mol. The second kappa shape index (κ2) is 9.93. The first-order valence-corrected chi connectivity index (χ1v) is 11.4. The maximum Gasteiger partial charge on any atom is 0.337 e. The summed E-state index contributed by atoms with van der Waals surface area (Å²) in [7, 11) is 1.31. The van der Waals surface area contributed by atoms with Crippen LogP contribution in [0, 0.1) is 6.92 Å². The third kappa shape index (κ3) is 4.73. The Morgan fingerprint density at radius 1 is 1.06 bits per heavy atom. The second-order valence-electron chi connectivity index (χ2n) is 8.04. The Hall–Kier alpha value is -4.01. The first-order chi connectivity index (χ1) is 17.4. The third-order valence-corrected chi connectivity index (χ3v) is 5.85. The molecule has 8 nitrogen and oxygen atoms in total. The molecule has 1 aliphatic heterocycles. The van der Waals surface area contributed by atoms with Crippen molar-refractivity contribution in [1.29, 1.82) is 0 Å². The van der Waals surface area contributed by atoms with Gasteiger partial charge >= 0.3 is 5.97 Å². The summed E-state index contributed by atoms with van der Waals surface area (Å²) in [6.45, 7) is 2.44. The minimum absolute atomic E-state index is 0.0620. The Kier molecular flexibility index (Phi) is 6.54. The molecule has 5 rings (SSSR count). The van der Waals surface area contributed by atoms with Gasteiger partial charge in [-0.05, 0) is 55.5 Å². The van der Waals surface area contributed by atoms with Crippen molar-refractivity contribution in [3.63, 3.8) is 0 Å². The number of hydrogen-bond donors (Lipinski definition) is 0. The highest BCUT2D eigenvalue weighted by Crippen LogP contribution is 2.33. The highest BCUT2D eigenvalue weighted by atomic mass is 35.5. The number of rotatable bonds is 6. The zero-order chi connectivity index (χ0) is 25.2. The van der Waals surface area contributed by atoms with Crippen LogP contribution in [0.4, 0.5) is 0 Å². The molecule has 0 unspecified atom stereocenters. The van der Waals surface area contributed by atoms with Gasteiger partial charge in [0.1, 0.15) is 35.2 Å². The molecule has 4 aromatic rings. The maximum atomic E-state index is 13.1. The zero-order valence-corrected chi connectivity index (χ0v) is 20.2. The molecule has 0 amide bonds. The summed E-state index contributed by atoms with van der Waals surface area (Å²) in [6, 6.07) is 14.8. The second-order valence-corrected chi connectivity index (χ2v) is 8.48. The predicted molar refractivity (Wildman–Crippen MR) is 131 cm³/mol. The van der Waals surface area contributed by atoms with Crippen LogP contribution in [-0.4, -0.2) is 19.9 Å². The average Bonchev–Trinajstić information content (AvgIpc) is 2.89. The molecule has 9 heteroatoms. The lowest BCUT2D eigenvalue weighted by Crippen LogP contribution is -2.14. The Balaban J connectivity index is 1.37. The fourth-order valence-corrected chi connectivity index (χ4v) is 4.16. The monoisotopic (exact) mass is 508 g/mol. The van der Waals surface area contributed by atoms with Crippen LogP contribution in [0.3, 0.4) is 0 Å². The van der Waals surface area contributed by atoms with Gasteiger partial charge in [0, 0.05) is 22.2 Å². The van der Waals surface area contributed by atoms with Crippen LogP contribution < -0.4 is 19.6 Å². The number of carbonyl (C=O) groups excluding carboxylic acids is 1. The Morgan fingerprint density at radius 3 is 2.61 bits per heavy atom. The van der Waals surface area contributed by atoms with E-state index in [2.05, 4.69) is 0 Å². The normalized spacial score (nSPS) is 12.5. The molecule has 0 radical (unpaired) electrons. The number of aryl methyl sites for hydroxylation is 1. The van der Waals surface area contributed by atoms with Crippen molar-refractivity contribution in [1.82, 2.24) is 0 Å². The predicted octanol–water partition coefficient (Wildman–Crippen LogP) is 5.78. The van der Waals surface area contributed by atoms with Crippen LogP contribution in [0.5, 0.6) is 23.0 Å². The molecule has 1 aromatic heterocycles. The lowest BCUT2D eigenvalue weighted by atomic mass is 10.1. The van der Waals surface area contributed by atoms with E-state index in [-0.39, 0.29) is 24.6 Å². The van der Waals surface area contributed by atoms with Crippen molar-refractivity contribution >= 4 is 28.5 Å². The van der Waals surface area contributed by atoms with Crippen molar-refractivity contribution < 1.29 is 32.9 Å². The number of halogens is 1. The van der Waals surface area contributed by atoms with Crippen molar-refractivity contribution in [2.75, 3.05) is 13.9 Å². The molecule has 0 fully saturated rings. The number of carbonyl (C=O) groups is 1. The first kappa shape index (κ1) is 23.7. The number of benzene rings is 3. The molecule has 184 valence electrons. The number of hydrogen-bond acceptors (Lipinski definition) is 8. The van der Waals surface area contributed by atoms with Gasteiger partial charge in [-0.15, -0.1) is 0 Å². The zero-order valence-electron chi connectivity index (χ0n) is 19.5. The van der Waals surface area contributed by atoms with E-state index in [0.29, 0.717) is 51.2 Å². The summed E-state index contributed by atoms with van der Waals surface area (Å²) in [5.41, 5.74) is 2.06. The van der Waals surface area contributed by atoms with Gasteiger partial charge in [-0.3, -0.25) is 4.79 Å². The molecule has 0 aliphatic carbocycles. The summed E-state index contributed by atoms with van der Waals surface area (Å²) in [5.74, 6) is 1.51. The quantitative estimate of drug-likeness (QED) is 0.303. The van der Waals surface area contributed by atoms with Gasteiger partial charge in [-0.1, -0.05) is 11.6 Å². The van der Waals surface area contributed by atoms with Gasteiger partial charge in [0.25, 0.3) is 0 Å². The van der Waals surface area contributed by atoms with Crippen molar-refractivity contribution in [2.24, 2.45) is 0 Å². The van der Waals surface area contributed by atoms with Crippen molar-refractivity contribution in [2.45, 2.75) is 20.1 Å². The average molecular weight is 509 g/mol. The lowest BCUT2D eigenvalue weighted by Gasteiger charge is -2.21. The van der Waals surface area contributed by atoms with Crippen LogP contribution in [0.15, 0.2) is 63.8 Å². The number of methoxy groups -OCH3 is 1. The largest absolute Gasteiger partial charge is 0.489 e. The van der Waals surface area contributed by atoms with E-state index >= 15 is 0 Å². The molecule has 0 bridgehead atoms. The summed E-state index contributed by atoms with van der Waals surface area (Å²) < 4.78 is 33.3. The molecule has 1 aliphatic rings. The lowest BCUT2D eigenvalue weighted by molar-refractivity contribution is -0.0175. The van der Waals surface area contributed by atoms with Crippen LogP contribution in [0.25, 0.3) is 11.0 Å². The highest BCUT2D eigenvalue weighted by molar-refractivity contribution is 6.30. The highest BCUT2D eigenvalue weighted by Gasteiger charge is 2.18. The Bertz CT molecular complexity index is 1510. The molecule has 0 N–H and O–H groups in total. The van der Waals surface area contributed by atoms with E-state index in [1.807, 2.05) is 0 Å². The molecule has 0 atom stereocenters. The van der Waals surface area contributed by atoms with Crippen LogP contribution >= 0.6 is 11.6 Å². The van der Waals surface area contributed by atoms with Crippen molar-refractivity contribution in [3.8, 4) is 23.0 Å².